The van der Waals surface area contributed by atoms with E-state index >= 15 is 0 Å². The number of carbonyl (C=O) groups excluding carboxylic acids is 1. The monoisotopic (exact) mass is 307 g/mol. The second-order valence-electron chi connectivity index (χ2n) is 6.31. The van der Waals surface area contributed by atoms with Gasteiger partial charge in [0.2, 0.25) is 0 Å². The van der Waals surface area contributed by atoms with Crippen LogP contribution in [0.2, 0.25) is 0 Å². The second-order valence-corrected chi connectivity index (χ2v) is 7.03. The van der Waals surface area contributed by atoms with Crippen molar-refractivity contribution in [3.8, 4) is 0 Å². The Kier molecular flexibility index (Phi) is 3.69. The Labute approximate surface area is 128 Å². The van der Waals surface area contributed by atoms with E-state index in [9.17, 15) is 4.79 Å². The van der Waals surface area contributed by atoms with Crippen LogP contribution < -0.4 is 0 Å². The number of likely N-dealkylation sites (tertiary alicyclic amines) is 2. The summed E-state index contributed by atoms with van der Waals surface area (Å²) in [4.78, 5) is 21.4. The van der Waals surface area contributed by atoms with Crippen LogP contribution in [-0.4, -0.2) is 65.6 Å². The molecule has 0 aliphatic carbocycles. The zero-order chi connectivity index (χ0) is 14.2. The lowest BCUT2D eigenvalue weighted by Crippen LogP contribution is -2.41. The number of ether oxygens (including phenoxy) is 1. The lowest BCUT2D eigenvalue weighted by molar-refractivity contribution is 0.0725. The second kappa shape index (κ2) is 5.66. The number of fused-ring (bicyclic) bond motifs is 1. The van der Waals surface area contributed by atoms with Crippen LogP contribution in [0.1, 0.15) is 29.8 Å². The van der Waals surface area contributed by atoms with Crippen molar-refractivity contribution >= 4 is 17.2 Å². The van der Waals surface area contributed by atoms with E-state index in [1.54, 1.807) is 5.51 Å². The molecular weight excluding hydrogens is 286 g/mol. The summed E-state index contributed by atoms with van der Waals surface area (Å²) in [7, 11) is 0. The van der Waals surface area contributed by atoms with Crippen molar-refractivity contribution in [3.63, 3.8) is 0 Å². The molecule has 0 saturated carbocycles. The number of amides is 1. The molecule has 3 atom stereocenters. The summed E-state index contributed by atoms with van der Waals surface area (Å²) in [6.07, 6.45) is 3.40. The molecule has 1 amide bonds. The molecule has 3 fully saturated rings. The molecule has 3 aliphatic rings. The highest BCUT2D eigenvalue weighted by Crippen LogP contribution is 2.33. The first kappa shape index (κ1) is 13.7. The molecule has 4 rings (SSSR count). The van der Waals surface area contributed by atoms with Gasteiger partial charge in [0.15, 0.2) is 0 Å². The minimum absolute atomic E-state index is 0.120. The molecular formula is C15H21N3O2S. The normalized spacial score (nSPS) is 32.8. The Morgan fingerprint density at radius 3 is 3.00 bits per heavy atom. The first-order valence-electron chi connectivity index (χ1n) is 7.84. The molecule has 3 saturated heterocycles. The van der Waals surface area contributed by atoms with Gasteiger partial charge in [-0.05, 0) is 25.2 Å². The molecule has 0 spiro atoms. The van der Waals surface area contributed by atoms with E-state index in [0.717, 1.165) is 45.7 Å². The van der Waals surface area contributed by atoms with E-state index < -0.39 is 0 Å². The van der Waals surface area contributed by atoms with Crippen LogP contribution >= 0.6 is 11.3 Å². The molecule has 114 valence electrons. The van der Waals surface area contributed by atoms with Gasteiger partial charge in [-0.2, -0.15) is 0 Å². The van der Waals surface area contributed by atoms with Crippen molar-refractivity contribution < 1.29 is 9.53 Å². The van der Waals surface area contributed by atoms with Crippen LogP contribution in [-0.2, 0) is 4.74 Å². The quantitative estimate of drug-likeness (QED) is 0.848. The summed E-state index contributed by atoms with van der Waals surface area (Å²) in [6.45, 7) is 4.96. The van der Waals surface area contributed by atoms with Gasteiger partial charge < -0.3 is 9.64 Å². The van der Waals surface area contributed by atoms with Crippen LogP contribution in [0.5, 0.6) is 0 Å². The summed E-state index contributed by atoms with van der Waals surface area (Å²) < 4.78 is 5.49. The zero-order valence-corrected chi connectivity index (χ0v) is 12.9. The highest BCUT2D eigenvalue weighted by atomic mass is 32.1. The smallest absolute Gasteiger partial charge is 0.273 e. The molecule has 0 aromatic carbocycles. The van der Waals surface area contributed by atoms with Crippen molar-refractivity contribution in [3.05, 3.63) is 16.6 Å². The number of nitrogens with zero attached hydrogens (tertiary/aromatic N) is 3. The molecule has 0 N–H and O–H groups in total. The molecule has 1 aromatic rings. The van der Waals surface area contributed by atoms with Crippen molar-refractivity contribution in [1.82, 2.24) is 14.8 Å². The Morgan fingerprint density at radius 1 is 1.33 bits per heavy atom. The molecule has 5 nitrogen and oxygen atoms in total. The van der Waals surface area contributed by atoms with Gasteiger partial charge in [-0.3, -0.25) is 9.69 Å². The Morgan fingerprint density at radius 2 is 2.24 bits per heavy atom. The molecule has 21 heavy (non-hydrogen) atoms. The fraction of sp³-hybridized carbons (Fsp3) is 0.733. The lowest BCUT2D eigenvalue weighted by atomic mass is 10.1. The number of rotatable bonds is 3. The molecule has 0 radical (unpaired) electrons. The molecule has 0 unspecified atom stereocenters. The van der Waals surface area contributed by atoms with Gasteiger partial charge in [0, 0.05) is 43.7 Å². The third-order valence-corrected chi connectivity index (χ3v) is 5.71. The van der Waals surface area contributed by atoms with E-state index in [1.807, 2.05) is 5.38 Å². The van der Waals surface area contributed by atoms with E-state index in [-0.39, 0.29) is 5.91 Å². The van der Waals surface area contributed by atoms with Crippen molar-refractivity contribution in [2.75, 3.05) is 32.8 Å². The molecule has 6 heteroatoms. The largest absolute Gasteiger partial charge is 0.381 e. The Bertz CT molecular complexity index is 501. The van der Waals surface area contributed by atoms with E-state index in [2.05, 4.69) is 14.8 Å². The number of hydrogen-bond donors (Lipinski definition) is 0. The van der Waals surface area contributed by atoms with Gasteiger partial charge in [-0.1, -0.05) is 0 Å². The standard InChI is InChI=1S/C15H21N3O2S/c19-15(12-9-21-10-16-12)18-5-2-13-14(18)1-4-17(13)7-11-3-6-20-8-11/h9-11,13-14H,1-8H2/t11-,13-,14+/m1/s1. The number of carbonyl (C=O) groups is 1. The number of hydrogen-bond acceptors (Lipinski definition) is 5. The Hall–Kier alpha value is -0.980. The number of thiazole rings is 1. The summed E-state index contributed by atoms with van der Waals surface area (Å²) in [5, 5.41) is 1.86. The third-order valence-electron chi connectivity index (χ3n) is 5.12. The topological polar surface area (TPSA) is 45.7 Å². The van der Waals surface area contributed by atoms with Gasteiger partial charge in [-0.15, -0.1) is 11.3 Å². The summed E-state index contributed by atoms with van der Waals surface area (Å²) >= 11 is 1.49. The SMILES string of the molecule is O=C(c1cscn1)N1CC[C@@H]2[C@@H]1CCN2C[C@H]1CCOC1. The van der Waals surface area contributed by atoms with Gasteiger partial charge >= 0.3 is 0 Å². The van der Waals surface area contributed by atoms with E-state index in [4.69, 9.17) is 4.74 Å². The fourth-order valence-electron chi connectivity index (χ4n) is 4.08. The van der Waals surface area contributed by atoms with Crippen LogP contribution in [0, 0.1) is 5.92 Å². The van der Waals surface area contributed by atoms with Crippen LogP contribution in [0.3, 0.4) is 0 Å². The maximum absolute atomic E-state index is 12.5. The fourth-order valence-corrected chi connectivity index (χ4v) is 4.60. The Balaban J connectivity index is 1.42. The maximum Gasteiger partial charge on any atom is 0.273 e. The first-order chi connectivity index (χ1) is 10.3. The van der Waals surface area contributed by atoms with Crippen LogP contribution in [0.4, 0.5) is 0 Å². The zero-order valence-electron chi connectivity index (χ0n) is 12.1. The van der Waals surface area contributed by atoms with Crippen LogP contribution in [0.15, 0.2) is 10.9 Å². The van der Waals surface area contributed by atoms with E-state index in [0.29, 0.717) is 23.7 Å². The molecule has 4 heterocycles. The highest BCUT2D eigenvalue weighted by Gasteiger charge is 2.45. The summed E-state index contributed by atoms with van der Waals surface area (Å²) in [5.74, 6) is 0.807. The van der Waals surface area contributed by atoms with Gasteiger partial charge in [0.25, 0.3) is 5.91 Å². The third kappa shape index (κ3) is 2.49. The minimum atomic E-state index is 0.120. The average Bonchev–Trinajstić information content (AvgIpc) is 3.26. The van der Waals surface area contributed by atoms with Gasteiger partial charge in [0.05, 0.1) is 12.1 Å². The van der Waals surface area contributed by atoms with Gasteiger partial charge in [-0.25, -0.2) is 4.98 Å². The van der Waals surface area contributed by atoms with Crippen molar-refractivity contribution in [2.24, 2.45) is 5.92 Å². The minimum Gasteiger partial charge on any atom is -0.381 e. The highest BCUT2D eigenvalue weighted by molar-refractivity contribution is 7.07. The maximum atomic E-state index is 12.5. The van der Waals surface area contributed by atoms with Crippen molar-refractivity contribution in [1.29, 1.82) is 0 Å². The predicted molar refractivity (Wildman–Crippen MR) is 80.5 cm³/mol. The molecule has 1 aromatic heterocycles. The summed E-state index contributed by atoms with van der Waals surface area (Å²) in [6, 6.07) is 0.940. The summed E-state index contributed by atoms with van der Waals surface area (Å²) in [5.41, 5.74) is 2.35. The van der Waals surface area contributed by atoms with E-state index in [1.165, 1.54) is 17.8 Å². The molecule has 0 bridgehead atoms. The predicted octanol–water partition coefficient (Wildman–Crippen LogP) is 1.47. The first-order valence-corrected chi connectivity index (χ1v) is 8.78. The molecule has 3 aliphatic heterocycles. The van der Waals surface area contributed by atoms with Gasteiger partial charge in [0.1, 0.15) is 5.69 Å². The average molecular weight is 307 g/mol. The van der Waals surface area contributed by atoms with Crippen molar-refractivity contribution in [2.45, 2.75) is 31.3 Å². The lowest BCUT2D eigenvalue weighted by Gasteiger charge is -2.26. The number of aromatic nitrogens is 1. The van der Waals surface area contributed by atoms with Crippen LogP contribution in [0.25, 0.3) is 0 Å².